The predicted octanol–water partition coefficient (Wildman–Crippen LogP) is 3.90. The van der Waals surface area contributed by atoms with E-state index in [0.717, 1.165) is 15.9 Å². The average Bonchev–Trinajstić information content (AvgIpc) is 3.50. The minimum absolute atomic E-state index is 0.125. The Labute approximate surface area is 211 Å². The Balaban J connectivity index is 1.77. The lowest BCUT2D eigenvalue weighted by Gasteiger charge is -2.58. The molecule has 8 heteroatoms. The molecule has 1 saturated carbocycles. The predicted molar refractivity (Wildman–Crippen MR) is 132 cm³/mol. The van der Waals surface area contributed by atoms with Gasteiger partial charge in [0, 0.05) is 27.9 Å². The third-order valence-electron chi connectivity index (χ3n) is 9.17. The number of rotatable bonds is 7. The molecule has 1 aromatic rings. The maximum atomic E-state index is 13.6. The van der Waals surface area contributed by atoms with E-state index in [4.69, 9.17) is 13.9 Å². The Morgan fingerprint density at radius 1 is 1.36 bits per heavy atom. The summed E-state index contributed by atoms with van der Waals surface area (Å²) in [5.41, 5.74) is -0.967. The van der Waals surface area contributed by atoms with Crippen LogP contribution in [0.15, 0.2) is 59.0 Å². The zero-order chi connectivity index (χ0) is 26.5. The molecule has 3 aliphatic carbocycles. The van der Waals surface area contributed by atoms with Crippen LogP contribution in [0.1, 0.15) is 51.5 Å². The monoisotopic (exact) mass is 498 g/mol. The van der Waals surface area contributed by atoms with E-state index in [-0.39, 0.29) is 37.3 Å². The number of ether oxygens (including phenoxy) is 2. The van der Waals surface area contributed by atoms with Crippen LogP contribution in [0, 0.1) is 21.7 Å². The van der Waals surface area contributed by atoms with E-state index >= 15 is 0 Å². The molecule has 0 spiro atoms. The molecule has 1 heterocycles. The SMILES string of the molecule is C=C1[C@H](O[C@H]2C=C(C)[C@H](c3ccoc3)C2)C[C@@]2([N+](C)=O)[C@](C)(CO)C=CC(=O)[C@]2(C)[C@H]1CC(=O)OC. The summed E-state index contributed by atoms with van der Waals surface area (Å²) in [4.78, 5) is 39.6. The van der Waals surface area contributed by atoms with Gasteiger partial charge in [-0.25, -0.2) is 0 Å². The topological polar surface area (TPSA) is 106 Å². The summed E-state index contributed by atoms with van der Waals surface area (Å²) in [5.74, 6) is -1.35. The number of carbonyl (C=O) groups excluding carboxylic acids is 2. The van der Waals surface area contributed by atoms with E-state index in [1.54, 1.807) is 32.4 Å². The summed E-state index contributed by atoms with van der Waals surface area (Å²) in [5, 5.41) is 10.5. The summed E-state index contributed by atoms with van der Waals surface area (Å²) in [7, 11) is 2.67. The van der Waals surface area contributed by atoms with Gasteiger partial charge in [-0.05, 0) is 50.5 Å². The van der Waals surface area contributed by atoms with Gasteiger partial charge in [0.05, 0.1) is 50.3 Å². The molecule has 0 aliphatic heterocycles. The van der Waals surface area contributed by atoms with E-state index in [0.29, 0.717) is 12.0 Å². The molecule has 3 aliphatic rings. The molecule has 0 radical (unpaired) electrons. The highest BCUT2D eigenvalue weighted by molar-refractivity contribution is 5.98. The summed E-state index contributed by atoms with van der Waals surface area (Å²) < 4.78 is 17.6. The normalized spacial score (nSPS) is 38.0. The van der Waals surface area contributed by atoms with Crippen molar-refractivity contribution in [2.75, 3.05) is 20.8 Å². The van der Waals surface area contributed by atoms with Gasteiger partial charge in [-0.3, -0.25) is 9.59 Å². The second kappa shape index (κ2) is 9.23. The van der Waals surface area contributed by atoms with Crippen LogP contribution in [0.2, 0.25) is 0 Å². The van der Waals surface area contributed by atoms with Crippen molar-refractivity contribution in [3.63, 3.8) is 0 Å². The average molecular weight is 499 g/mol. The first-order valence-corrected chi connectivity index (χ1v) is 12.3. The molecule has 1 N–H and O–H groups in total. The first kappa shape index (κ1) is 26.2. The van der Waals surface area contributed by atoms with Gasteiger partial charge in [0.25, 0.3) is 0 Å². The Morgan fingerprint density at radius 3 is 2.67 bits per heavy atom. The fourth-order valence-electron chi connectivity index (χ4n) is 7.06. The van der Waals surface area contributed by atoms with Crippen LogP contribution in [-0.2, 0) is 19.1 Å². The Kier molecular flexibility index (Phi) is 6.73. The van der Waals surface area contributed by atoms with Crippen LogP contribution in [0.5, 0.6) is 0 Å². The number of allylic oxidation sites excluding steroid dienone is 2. The maximum Gasteiger partial charge on any atom is 0.306 e. The standard InChI is InChI=1S/C28H36NO7/c1-17-11-20(12-21(17)19-8-10-35-15-19)36-23-14-28(29(5)33)26(3,16-30)9-7-24(31)27(28,4)22(18(23)2)13-25(32)34-6/h7-11,15,20-23,30H,2,12-14,16H2,1,3-6H3/q+1/t20-,21+,22-,23+,26-,27-,28+/m0/s1. The zero-order valence-corrected chi connectivity index (χ0v) is 21.7. The molecule has 1 aromatic heterocycles. The van der Waals surface area contributed by atoms with E-state index in [9.17, 15) is 19.6 Å². The Bertz CT molecular complexity index is 1130. The van der Waals surface area contributed by atoms with Crippen LogP contribution in [0.4, 0.5) is 0 Å². The molecule has 7 atom stereocenters. The highest BCUT2D eigenvalue weighted by atomic mass is 16.5. The fraction of sp³-hybridized carbons (Fsp3) is 0.571. The number of hydrogen-bond donors (Lipinski definition) is 1. The van der Waals surface area contributed by atoms with Gasteiger partial charge >= 0.3 is 5.97 Å². The highest BCUT2D eigenvalue weighted by Gasteiger charge is 2.77. The lowest BCUT2D eigenvalue weighted by molar-refractivity contribution is -0.644. The minimum atomic E-state index is -1.38. The lowest BCUT2D eigenvalue weighted by Crippen LogP contribution is -2.73. The summed E-state index contributed by atoms with van der Waals surface area (Å²) >= 11 is 0. The van der Waals surface area contributed by atoms with E-state index < -0.39 is 34.4 Å². The maximum absolute atomic E-state index is 13.6. The van der Waals surface area contributed by atoms with Crippen molar-refractivity contribution < 1.29 is 33.3 Å². The van der Waals surface area contributed by atoms with Gasteiger partial charge < -0.3 is 19.0 Å². The van der Waals surface area contributed by atoms with Crippen LogP contribution >= 0.6 is 0 Å². The molecular formula is C28H36NO7+. The lowest BCUT2D eigenvalue weighted by atomic mass is 9.43. The minimum Gasteiger partial charge on any atom is -0.472 e. The van der Waals surface area contributed by atoms with Crippen molar-refractivity contribution in [1.29, 1.82) is 0 Å². The molecule has 0 bridgehead atoms. The van der Waals surface area contributed by atoms with Crippen LogP contribution in [0.3, 0.4) is 0 Å². The van der Waals surface area contributed by atoms with Gasteiger partial charge in [-0.2, -0.15) is 0 Å². The molecular weight excluding hydrogens is 462 g/mol. The first-order valence-electron chi connectivity index (χ1n) is 12.3. The summed E-state index contributed by atoms with van der Waals surface area (Å²) in [6, 6.07) is 1.94. The molecule has 0 unspecified atom stereocenters. The molecule has 8 nitrogen and oxygen atoms in total. The number of nitrogens with zero attached hydrogens (tertiary/aromatic N) is 1. The Hall–Kier alpha value is -2.84. The summed E-state index contributed by atoms with van der Waals surface area (Å²) in [6.45, 7) is 9.49. The number of aliphatic hydroxyl groups excluding tert-OH is 1. The van der Waals surface area contributed by atoms with Crippen LogP contribution < -0.4 is 0 Å². The smallest absolute Gasteiger partial charge is 0.306 e. The van der Waals surface area contributed by atoms with Gasteiger partial charge in [0.2, 0.25) is 5.54 Å². The second-order valence-corrected chi connectivity index (χ2v) is 10.9. The zero-order valence-electron chi connectivity index (χ0n) is 21.7. The van der Waals surface area contributed by atoms with Gasteiger partial charge in [-0.1, -0.05) is 24.3 Å². The quantitative estimate of drug-likeness (QED) is 0.345. The van der Waals surface area contributed by atoms with Gasteiger partial charge in [-0.15, -0.1) is 0 Å². The van der Waals surface area contributed by atoms with Crippen molar-refractivity contribution in [2.45, 2.75) is 63.7 Å². The number of furan rings is 1. The molecule has 36 heavy (non-hydrogen) atoms. The molecule has 0 aromatic carbocycles. The molecule has 194 valence electrons. The van der Waals surface area contributed by atoms with E-state index in [1.165, 1.54) is 20.2 Å². The summed E-state index contributed by atoms with van der Waals surface area (Å²) in [6.07, 6.45) is 8.35. The number of methoxy groups -OCH3 is 1. The Morgan fingerprint density at radius 2 is 2.08 bits per heavy atom. The van der Waals surface area contributed by atoms with Gasteiger partial charge in [0.1, 0.15) is 5.41 Å². The van der Waals surface area contributed by atoms with Gasteiger partial charge in [0.15, 0.2) is 12.8 Å². The number of ketones is 1. The molecule has 0 amide bonds. The van der Waals surface area contributed by atoms with Crippen molar-refractivity contribution in [1.82, 2.24) is 0 Å². The number of hydrogen-bond acceptors (Lipinski definition) is 7. The third kappa shape index (κ3) is 3.65. The second-order valence-electron chi connectivity index (χ2n) is 10.9. The van der Waals surface area contributed by atoms with Crippen LogP contribution in [-0.4, -0.2) is 60.1 Å². The van der Waals surface area contributed by atoms with Crippen molar-refractivity contribution >= 4 is 11.8 Å². The fourth-order valence-corrected chi connectivity index (χ4v) is 7.06. The number of nitroso groups, excluding NO2 is 1. The van der Waals surface area contributed by atoms with Crippen LogP contribution in [0.25, 0.3) is 0 Å². The third-order valence-corrected chi connectivity index (χ3v) is 9.17. The highest BCUT2D eigenvalue weighted by Crippen LogP contribution is 2.63. The molecule has 1 fully saturated rings. The van der Waals surface area contributed by atoms with E-state index in [2.05, 4.69) is 12.7 Å². The first-order chi connectivity index (χ1) is 16.9. The van der Waals surface area contributed by atoms with Crippen molar-refractivity contribution in [2.24, 2.45) is 16.7 Å². The number of fused-ring (bicyclic) bond motifs is 1. The van der Waals surface area contributed by atoms with Crippen molar-refractivity contribution in [3.8, 4) is 0 Å². The largest absolute Gasteiger partial charge is 0.472 e. The van der Waals surface area contributed by atoms with E-state index in [1.807, 2.05) is 13.0 Å². The molecule has 4 rings (SSSR count). The molecule has 0 saturated heterocycles. The van der Waals surface area contributed by atoms with Crippen molar-refractivity contribution in [3.05, 3.63) is 65.0 Å². The number of esters is 1. The number of aliphatic hydroxyl groups is 1. The number of carbonyl (C=O) groups is 2.